The highest BCUT2D eigenvalue weighted by Crippen LogP contribution is 2.40. The third-order valence-corrected chi connectivity index (χ3v) is 3.39. The van der Waals surface area contributed by atoms with Gasteiger partial charge in [-0.3, -0.25) is 0 Å². The van der Waals surface area contributed by atoms with E-state index in [1.807, 2.05) is 0 Å². The molecule has 20 heavy (non-hydrogen) atoms. The first-order valence-electron chi connectivity index (χ1n) is 5.90. The number of aliphatic carboxylic acids is 1. The molecule has 1 aromatic carbocycles. The van der Waals surface area contributed by atoms with Crippen LogP contribution in [0.25, 0.3) is 6.08 Å². The van der Waals surface area contributed by atoms with Crippen LogP contribution >= 0.6 is 0 Å². The molecule has 3 nitrogen and oxygen atoms in total. The normalized spacial score (nSPS) is 18.1. The van der Waals surface area contributed by atoms with E-state index in [0.717, 1.165) is 11.6 Å². The number of carbonyl (C=O) groups is 1. The lowest BCUT2D eigenvalue weighted by Gasteiger charge is -2.31. The van der Waals surface area contributed by atoms with Gasteiger partial charge in [0.15, 0.2) is 0 Å². The van der Waals surface area contributed by atoms with E-state index in [1.165, 1.54) is 0 Å². The summed E-state index contributed by atoms with van der Waals surface area (Å²) < 4.78 is 43.7. The molecule has 0 saturated carbocycles. The summed E-state index contributed by atoms with van der Waals surface area (Å²) in [5.74, 6) is -1.80. The van der Waals surface area contributed by atoms with Gasteiger partial charge in [0.05, 0.1) is 5.97 Å². The monoisotopic (exact) mass is 285 g/mol. The molecule has 0 spiro atoms. The van der Waals surface area contributed by atoms with Gasteiger partial charge in [0.1, 0.15) is 5.75 Å². The molecular weight excluding hydrogens is 273 g/mol. The first-order valence-corrected chi connectivity index (χ1v) is 5.90. The molecule has 0 fully saturated rings. The van der Waals surface area contributed by atoms with Gasteiger partial charge in [0.25, 0.3) is 0 Å². The van der Waals surface area contributed by atoms with Gasteiger partial charge in [-0.05, 0) is 43.5 Å². The van der Waals surface area contributed by atoms with Gasteiger partial charge >= 0.3 is 6.18 Å². The molecule has 1 heterocycles. The highest BCUT2D eigenvalue weighted by Gasteiger charge is 2.46. The summed E-state index contributed by atoms with van der Waals surface area (Å²) in [7, 11) is 0. The van der Waals surface area contributed by atoms with Gasteiger partial charge in [-0.25, -0.2) is 0 Å². The second-order valence-corrected chi connectivity index (χ2v) is 4.80. The molecule has 1 atom stereocenters. The summed E-state index contributed by atoms with van der Waals surface area (Å²) in [6.45, 7) is 5.08. The van der Waals surface area contributed by atoms with Crippen molar-refractivity contribution in [2.45, 2.75) is 33.1 Å². The topological polar surface area (TPSA) is 49.4 Å². The summed E-state index contributed by atoms with van der Waals surface area (Å²) >= 11 is 0. The maximum Gasteiger partial charge on any atom is 0.429 e. The van der Waals surface area contributed by atoms with Crippen molar-refractivity contribution < 1.29 is 27.8 Å². The van der Waals surface area contributed by atoms with E-state index in [2.05, 4.69) is 0 Å². The van der Waals surface area contributed by atoms with E-state index in [9.17, 15) is 23.1 Å². The number of benzene rings is 1. The number of ether oxygens (including phenoxy) is 1. The zero-order chi connectivity index (χ0) is 15.2. The van der Waals surface area contributed by atoms with Gasteiger partial charge in [-0.15, -0.1) is 0 Å². The van der Waals surface area contributed by atoms with Crippen LogP contribution < -0.4 is 9.84 Å². The molecular formula is C14H12F3O3-. The van der Waals surface area contributed by atoms with Gasteiger partial charge < -0.3 is 14.6 Å². The predicted molar refractivity (Wildman–Crippen MR) is 64.1 cm³/mol. The van der Waals surface area contributed by atoms with Crippen LogP contribution in [-0.4, -0.2) is 18.2 Å². The Morgan fingerprint density at radius 3 is 2.35 bits per heavy atom. The molecule has 6 heteroatoms. The smallest absolute Gasteiger partial charge is 0.429 e. The van der Waals surface area contributed by atoms with Gasteiger partial charge in [0.2, 0.25) is 6.10 Å². The van der Waals surface area contributed by atoms with Crippen molar-refractivity contribution in [2.24, 2.45) is 0 Å². The van der Waals surface area contributed by atoms with Crippen LogP contribution in [0.3, 0.4) is 0 Å². The molecule has 0 bridgehead atoms. The number of rotatable bonds is 1. The Morgan fingerprint density at radius 2 is 1.85 bits per heavy atom. The summed E-state index contributed by atoms with van der Waals surface area (Å²) in [4.78, 5) is 10.9. The number of halogens is 3. The van der Waals surface area contributed by atoms with Crippen LogP contribution in [0.2, 0.25) is 0 Å². The van der Waals surface area contributed by atoms with Gasteiger partial charge in [0, 0.05) is 11.1 Å². The molecule has 1 aromatic rings. The van der Waals surface area contributed by atoms with Crippen LogP contribution in [0.4, 0.5) is 13.2 Å². The van der Waals surface area contributed by atoms with Crippen LogP contribution in [0.1, 0.15) is 22.3 Å². The average molecular weight is 285 g/mol. The van der Waals surface area contributed by atoms with Gasteiger partial charge in [-0.1, -0.05) is 6.07 Å². The predicted octanol–water partition coefficient (Wildman–Crippen LogP) is 2.07. The Bertz CT molecular complexity index is 615. The van der Waals surface area contributed by atoms with Crippen molar-refractivity contribution in [1.82, 2.24) is 0 Å². The Hall–Kier alpha value is -1.98. The molecule has 0 aromatic heterocycles. The lowest BCUT2D eigenvalue weighted by molar-refractivity contribution is -0.302. The van der Waals surface area contributed by atoms with Crippen molar-refractivity contribution >= 4 is 12.0 Å². The number of alkyl halides is 3. The van der Waals surface area contributed by atoms with Gasteiger partial charge in [-0.2, -0.15) is 13.2 Å². The van der Waals surface area contributed by atoms with E-state index in [0.29, 0.717) is 16.7 Å². The highest BCUT2D eigenvalue weighted by molar-refractivity contribution is 5.94. The SMILES string of the molecule is Cc1cc(C)c2c(c1C)OC(C(F)(F)F)C(C(=O)[O-])=C2. The molecule has 0 saturated heterocycles. The summed E-state index contributed by atoms with van der Waals surface area (Å²) in [5, 5.41) is 10.9. The second kappa shape index (κ2) is 4.54. The van der Waals surface area contributed by atoms with Crippen molar-refractivity contribution in [1.29, 1.82) is 0 Å². The molecule has 108 valence electrons. The third-order valence-electron chi connectivity index (χ3n) is 3.39. The number of fused-ring (bicyclic) bond motifs is 1. The Labute approximate surface area is 113 Å². The first kappa shape index (κ1) is 14.4. The van der Waals surface area contributed by atoms with Crippen LogP contribution in [-0.2, 0) is 4.79 Å². The minimum absolute atomic E-state index is 0.0785. The fourth-order valence-corrected chi connectivity index (χ4v) is 2.22. The van der Waals surface area contributed by atoms with E-state index in [-0.39, 0.29) is 5.75 Å². The molecule has 2 rings (SSSR count). The first-order chi connectivity index (χ1) is 9.12. The van der Waals surface area contributed by atoms with Crippen molar-refractivity contribution in [3.63, 3.8) is 0 Å². The van der Waals surface area contributed by atoms with Crippen molar-refractivity contribution in [2.75, 3.05) is 0 Å². The lowest BCUT2D eigenvalue weighted by atomic mass is 9.93. The second-order valence-electron chi connectivity index (χ2n) is 4.80. The zero-order valence-corrected chi connectivity index (χ0v) is 11.1. The lowest BCUT2D eigenvalue weighted by Crippen LogP contribution is -2.44. The number of carbonyl (C=O) groups excluding carboxylic acids is 1. The fourth-order valence-electron chi connectivity index (χ4n) is 2.22. The summed E-state index contributed by atoms with van der Waals surface area (Å²) in [5.41, 5.74) is 1.45. The minimum atomic E-state index is -4.81. The van der Waals surface area contributed by atoms with Crippen molar-refractivity contribution in [3.05, 3.63) is 33.9 Å². The largest absolute Gasteiger partial charge is 0.545 e. The van der Waals surface area contributed by atoms with Crippen LogP contribution in [0.15, 0.2) is 11.6 Å². The summed E-state index contributed by atoms with van der Waals surface area (Å²) in [6.07, 6.45) is -6.32. The number of carboxylic acid groups (broad SMARTS) is 1. The maximum absolute atomic E-state index is 12.9. The quantitative estimate of drug-likeness (QED) is 0.793. The highest BCUT2D eigenvalue weighted by atomic mass is 19.4. The number of hydrogen-bond donors (Lipinski definition) is 0. The summed E-state index contributed by atoms with van der Waals surface area (Å²) in [6, 6.07) is 1.77. The van der Waals surface area contributed by atoms with E-state index < -0.39 is 23.8 Å². The number of aryl methyl sites for hydroxylation is 2. The average Bonchev–Trinajstić information content (AvgIpc) is 2.33. The molecule has 1 aliphatic rings. The minimum Gasteiger partial charge on any atom is -0.545 e. The zero-order valence-electron chi connectivity index (χ0n) is 11.1. The Balaban J connectivity index is 2.69. The number of carboxylic acids is 1. The Morgan fingerprint density at radius 1 is 1.25 bits per heavy atom. The van der Waals surface area contributed by atoms with E-state index in [4.69, 9.17) is 4.74 Å². The number of hydrogen-bond acceptors (Lipinski definition) is 3. The standard InChI is InChI=1S/C14H13F3O3/c1-6-4-7(2)9-5-10(13(18)19)12(14(15,16)17)20-11(9)8(6)3/h4-5,12H,1-3H3,(H,18,19)/p-1. The molecule has 1 aliphatic heterocycles. The van der Waals surface area contributed by atoms with E-state index in [1.54, 1.807) is 26.8 Å². The Kier molecular flexibility index (Phi) is 3.28. The maximum atomic E-state index is 12.9. The molecule has 0 aliphatic carbocycles. The third kappa shape index (κ3) is 2.26. The molecule has 0 amide bonds. The van der Waals surface area contributed by atoms with E-state index >= 15 is 0 Å². The van der Waals surface area contributed by atoms with Crippen molar-refractivity contribution in [3.8, 4) is 5.75 Å². The van der Waals surface area contributed by atoms with Crippen LogP contribution in [0.5, 0.6) is 5.75 Å². The molecule has 0 radical (unpaired) electrons. The molecule has 0 N–H and O–H groups in total. The molecule has 1 unspecified atom stereocenters. The van der Waals surface area contributed by atoms with Crippen LogP contribution in [0, 0.1) is 20.8 Å². The fraction of sp³-hybridized carbons (Fsp3) is 0.357.